The van der Waals surface area contributed by atoms with Gasteiger partial charge in [-0.3, -0.25) is 4.79 Å². The Bertz CT molecular complexity index is 626. The summed E-state index contributed by atoms with van der Waals surface area (Å²) in [6, 6.07) is 7.73. The van der Waals surface area contributed by atoms with Gasteiger partial charge in [0.25, 0.3) is 5.56 Å². The van der Waals surface area contributed by atoms with Crippen LogP contribution >= 0.6 is 22.6 Å². The topological polar surface area (TPSA) is 75.0 Å². The zero-order valence-corrected chi connectivity index (χ0v) is 12.7. The number of nitrogen functional groups attached to an aromatic ring is 1. The molecule has 1 aromatic heterocycles. The number of anilines is 2. The van der Waals surface area contributed by atoms with Crippen LogP contribution in [-0.2, 0) is 6.54 Å². The Morgan fingerprint density at radius 1 is 1.47 bits per heavy atom. The highest BCUT2D eigenvalue weighted by molar-refractivity contribution is 14.1. The molecule has 19 heavy (non-hydrogen) atoms. The summed E-state index contributed by atoms with van der Waals surface area (Å²) in [6.07, 6.45) is 1.43. The third-order valence-corrected chi connectivity index (χ3v) is 3.76. The molecule has 0 atom stereocenters. The Morgan fingerprint density at radius 3 is 2.95 bits per heavy atom. The summed E-state index contributed by atoms with van der Waals surface area (Å²) in [5, 5.41) is 0. The number of H-pyrrole nitrogens is 1. The summed E-state index contributed by atoms with van der Waals surface area (Å²) in [7, 11) is 0. The number of aromatic nitrogens is 2. The van der Waals surface area contributed by atoms with Gasteiger partial charge in [-0.1, -0.05) is 12.1 Å². The Hall–Kier alpha value is -1.57. The number of hydrogen-bond acceptors (Lipinski definition) is 4. The van der Waals surface area contributed by atoms with Crippen molar-refractivity contribution in [3.63, 3.8) is 0 Å². The highest BCUT2D eigenvalue weighted by Crippen LogP contribution is 2.18. The van der Waals surface area contributed by atoms with Gasteiger partial charge >= 0.3 is 0 Å². The fourth-order valence-electron chi connectivity index (χ4n) is 1.84. The van der Waals surface area contributed by atoms with Crippen LogP contribution in [-0.4, -0.2) is 16.5 Å². The van der Waals surface area contributed by atoms with E-state index in [4.69, 9.17) is 5.73 Å². The second-order valence-corrected chi connectivity index (χ2v) is 5.21. The fraction of sp³-hybridized carbons (Fsp3) is 0.231. The summed E-state index contributed by atoms with van der Waals surface area (Å²) >= 11 is 2.02. The van der Waals surface area contributed by atoms with Crippen LogP contribution in [0.15, 0.2) is 35.4 Å². The predicted molar refractivity (Wildman–Crippen MR) is 85.2 cm³/mol. The Morgan fingerprint density at radius 2 is 2.26 bits per heavy atom. The van der Waals surface area contributed by atoms with Crippen molar-refractivity contribution in [3.8, 4) is 0 Å². The molecule has 2 rings (SSSR count). The molecule has 0 saturated heterocycles. The van der Waals surface area contributed by atoms with Crippen LogP contribution in [0.4, 0.5) is 11.5 Å². The maximum Gasteiger partial charge on any atom is 0.266 e. The summed E-state index contributed by atoms with van der Waals surface area (Å²) in [4.78, 5) is 20.5. The second kappa shape index (κ2) is 6.05. The van der Waals surface area contributed by atoms with Crippen molar-refractivity contribution in [2.24, 2.45) is 0 Å². The number of nitrogens with two attached hydrogens (primary N) is 1. The number of halogens is 1. The lowest BCUT2D eigenvalue weighted by Crippen LogP contribution is -2.27. The van der Waals surface area contributed by atoms with E-state index in [1.54, 1.807) is 0 Å². The van der Waals surface area contributed by atoms with Gasteiger partial charge in [-0.15, -0.1) is 0 Å². The van der Waals surface area contributed by atoms with Gasteiger partial charge < -0.3 is 15.6 Å². The molecule has 0 aliphatic rings. The maximum absolute atomic E-state index is 11.6. The molecule has 0 aliphatic heterocycles. The molecule has 0 spiro atoms. The minimum Gasteiger partial charge on any atom is -0.399 e. The first-order valence-corrected chi connectivity index (χ1v) is 7.02. The van der Waals surface area contributed by atoms with Crippen LogP contribution in [0.5, 0.6) is 0 Å². The molecule has 0 aliphatic carbocycles. The van der Waals surface area contributed by atoms with Gasteiger partial charge in [-0.25, -0.2) is 4.98 Å². The van der Waals surface area contributed by atoms with Crippen molar-refractivity contribution in [2.45, 2.75) is 13.5 Å². The van der Waals surface area contributed by atoms with Gasteiger partial charge in [-0.2, -0.15) is 0 Å². The van der Waals surface area contributed by atoms with E-state index in [0.717, 1.165) is 17.8 Å². The van der Waals surface area contributed by atoms with Crippen LogP contribution in [0.3, 0.4) is 0 Å². The van der Waals surface area contributed by atoms with Crippen molar-refractivity contribution in [3.05, 3.63) is 50.1 Å². The predicted octanol–water partition coefficient (Wildman–Crippen LogP) is 1.98. The fourth-order valence-corrected chi connectivity index (χ4v) is 2.48. The van der Waals surface area contributed by atoms with Gasteiger partial charge in [0.05, 0.1) is 6.33 Å². The molecule has 0 fully saturated rings. The number of aromatic amines is 1. The number of nitrogens with one attached hydrogen (secondary N) is 1. The van der Waals surface area contributed by atoms with Crippen LogP contribution in [0.1, 0.15) is 12.5 Å². The highest BCUT2D eigenvalue weighted by Gasteiger charge is 2.12. The SMILES string of the molecule is CCN(Cc1cccc(N)c1)c1nc[nH]c(=O)c1I. The molecule has 1 heterocycles. The summed E-state index contributed by atoms with van der Waals surface area (Å²) in [5.74, 6) is 0.703. The van der Waals surface area contributed by atoms with Gasteiger partial charge in [0, 0.05) is 18.8 Å². The van der Waals surface area contributed by atoms with E-state index >= 15 is 0 Å². The average molecular weight is 370 g/mol. The van der Waals surface area contributed by atoms with E-state index in [0.29, 0.717) is 15.9 Å². The second-order valence-electron chi connectivity index (χ2n) is 4.13. The van der Waals surface area contributed by atoms with E-state index in [2.05, 4.69) is 9.97 Å². The molecule has 100 valence electrons. The first-order chi connectivity index (χ1) is 9.11. The van der Waals surface area contributed by atoms with Crippen molar-refractivity contribution in [1.29, 1.82) is 0 Å². The van der Waals surface area contributed by atoms with E-state index in [9.17, 15) is 4.79 Å². The third kappa shape index (κ3) is 3.25. The first kappa shape index (κ1) is 13.9. The van der Waals surface area contributed by atoms with Gasteiger partial charge in [-0.05, 0) is 47.2 Å². The number of hydrogen-bond donors (Lipinski definition) is 2. The van der Waals surface area contributed by atoms with Gasteiger partial charge in [0.1, 0.15) is 9.39 Å². The van der Waals surface area contributed by atoms with Crippen LogP contribution in [0.2, 0.25) is 0 Å². The zero-order valence-electron chi connectivity index (χ0n) is 10.6. The number of benzene rings is 1. The Balaban J connectivity index is 2.30. The normalized spacial score (nSPS) is 10.4. The van der Waals surface area contributed by atoms with Crippen LogP contribution in [0.25, 0.3) is 0 Å². The van der Waals surface area contributed by atoms with E-state index in [1.165, 1.54) is 6.33 Å². The van der Waals surface area contributed by atoms with Crippen molar-refractivity contribution >= 4 is 34.1 Å². The standard InChI is InChI=1S/C13H15IN4O/c1-2-18(7-9-4-3-5-10(15)6-9)12-11(14)13(19)17-8-16-12/h3-6,8H,2,7,15H2,1H3,(H,16,17,19). The molecule has 3 N–H and O–H groups in total. The lowest BCUT2D eigenvalue weighted by molar-refractivity contribution is 0.803. The van der Waals surface area contributed by atoms with Gasteiger partial charge in [0.15, 0.2) is 0 Å². The Kier molecular flexibility index (Phi) is 4.41. The maximum atomic E-state index is 11.6. The minimum atomic E-state index is -0.114. The number of nitrogens with zero attached hydrogens (tertiary/aromatic N) is 2. The van der Waals surface area contributed by atoms with E-state index in [1.807, 2.05) is 58.7 Å². The summed E-state index contributed by atoms with van der Waals surface area (Å²) in [5.41, 5.74) is 7.50. The summed E-state index contributed by atoms with van der Waals surface area (Å²) in [6.45, 7) is 3.47. The smallest absolute Gasteiger partial charge is 0.266 e. The molecule has 0 radical (unpaired) electrons. The van der Waals surface area contributed by atoms with Crippen molar-refractivity contribution < 1.29 is 0 Å². The monoisotopic (exact) mass is 370 g/mol. The molecule has 0 bridgehead atoms. The molecule has 5 nitrogen and oxygen atoms in total. The Labute approximate surface area is 125 Å². The molecule has 0 saturated carbocycles. The number of rotatable bonds is 4. The van der Waals surface area contributed by atoms with Gasteiger partial charge in [0.2, 0.25) is 0 Å². The van der Waals surface area contributed by atoms with Crippen LogP contribution in [0, 0.1) is 3.57 Å². The largest absolute Gasteiger partial charge is 0.399 e. The molecule has 0 unspecified atom stereocenters. The average Bonchev–Trinajstić information content (AvgIpc) is 2.40. The van der Waals surface area contributed by atoms with E-state index in [-0.39, 0.29) is 5.56 Å². The molecule has 2 aromatic rings. The molecule has 0 amide bonds. The highest BCUT2D eigenvalue weighted by atomic mass is 127. The minimum absolute atomic E-state index is 0.114. The zero-order chi connectivity index (χ0) is 13.8. The third-order valence-electron chi connectivity index (χ3n) is 2.78. The molecular formula is C13H15IN4O. The lowest BCUT2D eigenvalue weighted by atomic mass is 10.2. The van der Waals surface area contributed by atoms with Crippen molar-refractivity contribution in [2.75, 3.05) is 17.2 Å². The van der Waals surface area contributed by atoms with Crippen LogP contribution < -0.4 is 16.2 Å². The first-order valence-electron chi connectivity index (χ1n) is 5.94. The lowest BCUT2D eigenvalue weighted by Gasteiger charge is -2.22. The summed E-state index contributed by atoms with van der Waals surface area (Å²) < 4.78 is 0.603. The molecule has 1 aromatic carbocycles. The molecule has 6 heteroatoms. The molecular weight excluding hydrogens is 355 g/mol. The van der Waals surface area contributed by atoms with Crippen molar-refractivity contribution in [1.82, 2.24) is 9.97 Å². The quantitative estimate of drug-likeness (QED) is 0.638. The van der Waals surface area contributed by atoms with E-state index < -0.39 is 0 Å².